The average molecular weight is 158 g/mol. The number of aliphatic imine (C=N–C) groups is 1. The summed E-state index contributed by atoms with van der Waals surface area (Å²) in [6.45, 7) is 0. The minimum absolute atomic E-state index is 0.275. The molecule has 1 rings (SSSR count). The van der Waals surface area contributed by atoms with Gasteiger partial charge in [-0.2, -0.15) is 0 Å². The van der Waals surface area contributed by atoms with Crippen LogP contribution in [0.2, 0.25) is 0 Å². The Morgan fingerprint density at radius 1 is 1.90 bits per heavy atom. The van der Waals surface area contributed by atoms with Gasteiger partial charge in [-0.05, 0) is 0 Å². The molecule has 0 spiro atoms. The normalized spacial score (nSPS) is 10.7. The second-order valence-electron chi connectivity index (χ2n) is 1.27. The lowest BCUT2D eigenvalue weighted by Gasteiger charge is -1.73. The van der Waals surface area contributed by atoms with Gasteiger partial charge in [0.05, 0.1) is 7.11 Å². The van der Waals surface area contributed by atoms with E-state index in [0.29, 0.717) is 0 Å². The highest BCUT2D eigenvalue weighted by Gasteiger charge is 2.15. The van der Waals surface area contributed by atoms with Crippen molar-refractivity contribution in [1.29, 1.82) is 0 Å². The first kappa shape index (κ1) is 7.01. The number of hydrogen-bond donors (Lipinski definition) is 0. The van der Waals surface area contributed by atoms with Crippen molar-refractivity contribution >= 4 is 22.0 Å². The smallest absolute Gasteiger partial charge is 0.211 e. The highest BCUT2D eigenvalue weighted by molar-refractivity contribution is 7.27. The van der Waals surface area contributed by atoms with Gasteiger partial charge in [-0.15, -0.1) is 4.18 Å². The summed E-state index contributed by atoms with van der Waals surface area (Å²) in [5.74, 6) is 0. The molecule has 0 saturated carbocycles. The van der Waals surface area contributed by atoms with Gasteiger partial charge < -0.3 is 0 Å². The molecule has 0 fully saturated rings. The van der Waals surface area contributed by atoms with E-state index in [1.807, 2.05) is 0 Å². The molecule has 0 saturated heterocycles. The van der Waals surface area contributed by atoms with Crippen molar-refractivity contribution in [3.63, 3.8) is 0 Å². The lowest BCUT2D eigenvalue weighted by atomic mass is 11.2. The molecule has 5 nitrogen and oxygen atoms in total. The van der Waals surface area contributed by atoms with Gasteiger partial charge in [0, 0.05) is 0 Å². The van der Waals surface area contributed by atoms with Crippen LogP contribution in [0.25, 0.3) is 0 Å². The van der Waals surface area contributed by atoms with Crippen molar-refractivity contribution in [3.05, 3.63) is 5.51 Å². The summed E-state index contributed by atoms with van der Waals surface area (Å²) in [7, 11) is 0.854. The molecule has 0 amide bonds. The number of hydrogen-bond acceptors (Lipinski definition) is 5. The van der Waals surface area contributed by atoms with Gasteiger partial charge >= 0.3 is 5.13 Å². The quantitative estimate of drug-likeness (QED) is 0.351. The summed E-state index contributed by atoms with van der Waals surface area (Å²) in [6.07, 6.45) is 1.37. The third kappa shape index (κ3) is 1.24. The van der Waals surface area contributed by atoms with Crippen molar-refractivity contribution in [1.82, 2.24) is 10.2 Å². The second kappa shape index (κ2) is 3.17. The maximum Gasteiger partial charge on any atom is 0.433 e. The maximum absolute atomic E-state index is 9.74. The van der Waals surface area contributed by atoms with Crippen molar-refractivity contribution in [2.45, 2.75) is 0 Å². The van der Waals surface area contributed by atoms with E-state index in [1.165, 1.54) is 18.7 Å². The van der Waals surface area contributed by atoms with Crippen LogP contribution in [0.15, 0.2) is 10.5 Å². The molecule has 0 aromatic carbocycles. The van der Waals surface area contributed by atoms with Crippen LogP contribution in [0.1, 0.15) is 0 Å². The molecule has 0 N–H and O–H groups in total. The molecular formula is C4H4N3O2S+. The van der Waals surface area contributed by atoms with Crippen molar-refractivity contribution in [3.8, 4) is 0 Å². The summed E-state index contributed by atoms with van der Waals surface area (Å²) in [5.41, 5.74) is 1.48. The van der Waals surface area contributed by atoms with Gasteiger partial charge in [0.15, 0.2) is 0 Å². The van der Waals surface area contributed by atoms with Gasteiger partial charge in [0.2, 0.25) is 16.8 Å². The molecule has 1 aromatic heterocycles. The van der Waals surface area contributed by atoms with E-state index in [9.17, 15) is 4.79 Å². The fraction of sp³-hybridized carbons (Fsp3) is 0.250. The predicted molar refractivity (Wildman–Crippen MR) is 34.8 cm³/mol. The average Bonchev–Trinajstić information content (AvgIpc) is 2.36. The monoisotopic (exact) mass is 158 g/mol. The lowest BCUT2D eigenvalue weighted by molar-refractivity contribution is 0.550. The first-order valence-corrected chi connectivity index (χ1v) is 3.56. The van der Waals surface area contributed by atoms with E-state index in [-0.39, 0.29) is 5.13 Å². The summed E-state index contributed by atoms with van der Waals surface area (Å²) in [5, 5.41) is 7.31. The van der Waals surface area contributed by atoms with E-state index in [1.54, 1.807) is 0 Å². The van der Waals surface area contributed by atoms with E-state index in [2.05, 4.69) is 15.2 Å². The Hall–Kier alpha value is -1.10. The Morgan fingerprint density at radius 2 is 2.70 bits per heavy atom. The van der Waals surface area contributed by atoms with E-state index in [0.717, 1.165) is 0 Å². The fourth-order valence-electron chi connectivity index (χ4n) is 0.427. The largest absolute Gasteiger partial charge is 0.433 e. The minimum atomic E-state index is -0.643. The van der Waals surface area contributed by atoms with Crippen molar-refractivity contribution in [2.24, 2.45) is 4.99 Å². The third-order valence-corrected chi connectivity index (χ3v) is 1.96. The summed E-state index contributed by atoms with van der Waals surface area (Å²) >= 11 is 0. The number of nitrogens with zero attached hydrogens (tertiary/aromatic N) is 3. The lowest BCUT2D eigenvalue weighted by Crippen LogP contribution is -1.76. The van der Waals surface area contributed by atoms with E-state index < -0.39 is 10.8 Å². The van der Waals surface area contributed by atoms with Gasteiger partial charge in [-0.25, -0.2) is 4.79 Å². The number of isocyanates is 1. The van der Waals surface area contributed by atoms with Gasteiger partial charge in [0.25, 0.3) is 5.51 Å². The van der Waals surface area contributed by atoms with E-state index in [4.69, 9.17) is 4.18 Å². The Balaban J connectivity index is 3.00. The molecule has 0 aliphatic heterocycles. The number of aromatic nitrogens is 2. The first-order valence-electron chi connectivity index (χ1n) is 2.35. The van der Waals surface area contributed by atoms with Crippen LogP contribution in [-0.2, 0) is 4.79 Å². The SMILES string of the molecule is CO[s+]1cnnc1N=C=O. The highest BCUT2D eigenvalue weighted by Crippen LogP contribution is 2.24. The standard InChI is InChI=1S/C4H4N3O2S/c1-9-10-3-6-7-4(10)5-2-8/h3H,1H3/q+1. The van der Waals surface area contributed by atoms with Crippen LogP contribution in [0.3, 0.4) is 0 Å². The summed E-state index contributed by atoms with van der Waals surface area (Å²) in [6, 6.07) is 0. The van der Waals surface area contributed by atoms with Crippen molar-refractivity contribution < 1.29 is 8.98 Å². The highest BCUT2D eigenvalue weighted by atomic mass is 32.2. The van der Waals surface area contributed by atoms with Crippen LogP contribution < -0.4 is 4.18 Å². The topological polar surface area (TPSA) is 64.4 Å². The molecule has 10 heavy (non-hydrogen) atoms. The number of rotatable bonds is 2. The zero-order chi connectivity index (χ0) is 7.40. The zero-order valence-electron chi connectivity index (χ0n) is 5.14. The molecule has 0 radical (unpaired) electrons. The molecular weight excluding hydrogens is 154 g/mol. The van der Waals surface area contributed by atoms with Crippen LogP contribution >= 0.6 is 10.8 Å². The Morgan fingerprint density at radius 3 is 3.30 bits per heavy atom. The molecule has 0 aliphatic rings. The number of carbonyl (C=O) groups excluding carboxylic acids is 1. The van der Waals surface area contributed by atoms with Gasteiger partial charge in [0.1, 0.15) is 0 Å². The molecule has 6 heteroatoms. The molecule has 1 atom stereocenters. The van der Waals surface area contributed by atoms with Crippen LogP contribution in [0.5, 0.6) is 0 Å². The molecule has 0 aliphatic carbocycles. The Kier molecular flexibility index (Phi) is 2.22. The fourth-order valence-corrected chi connectivity index (χ4v) is 1.14. The molecule has 0 bridgehead atoms. The summed E-state index contributed by atoms with van der Waals surface area (Å²) in [4.78, 5) is 13.0. The van der Waals surface area contributed by atoms with Gasteiger partial charge in [-0.1, -0.05) is 15.2 Å². The van der Waals surface area contributed by atoms with Crippen LogP contribution in [0, 0.1) is 0 Å². The molecule has 52 valence electrons. The van der Waals surface area contributed by atoms with Crippen molar-refractivity contribution in [2.75, 3.05) is 7.11 Å². The van der Waals surface area contributed by atoms with Crippen LogP contribution in [0.4, 0.5) is 5.13 Å². The predicted octanol–water partition coefficient (Wildman–Crippen LogP) is 0.251. The second-order valence-corrected chi connectivity index (χ2v) is 2.77. The maximum atomic E-state index is 9.74. The Bertz CT molecular complexity index is 265. The zero-order valence-corrected chi connectivity index (χ0v) is 5.96. The molecule has 1 unspecified atom stereocenters. The third-order valence-electron chi connectivity index (χ3n) is 0.787. The molecule has 1 aromatic rings. The van der Waals surface area contributed by atoms with Gasteiger partial charge in [-0.3, -0.25) is 0 Å². The Labute approximate surface area is 59.6 Å². The first-order chi connectivity index (χ1) is 4.88. The summed E-state index contributed by atoms with van der Waals surface area (Å²) < 4.78 is 4.85. The molecule has 1 heterocycles. The minimum Gasteiger partial charge on any atom is -0.211 e. The van der Waals surface area contributed by atoms with Crippen LogP contribution in [-0.4, -0.2) is 23.4 Å². The van der Waals surface area contributed by atoms with E-state index >= 15 is 0 Å².